The van der Waals surface area contributed by atoms with Crippen LogP contribution in [-0.2, 0) is 19.3 Å². The van der Waals surface area contributed by atoms with Crippen LogP contribution >= 0.6 is 11.6 Å². The third-order valence-electron chi connectivity index (χ3n) is 2.96. The van der Waals surface area contributed by atoms with E-state index in [1.165, 1.54) is 0 Å². The highest BCUT2D eigenvalue weighted by Gasteiger charge is 2.31. The van der Waals surface area contributed by atoms with Crippen molar-refractivity contribution in [1.82, 2.24) is 15.6 Å². The Kier molecular flexibility index (Phi) is 5.44. The summed E-state index contributed by atoms with van der Waals surface area (Å²) in [6, 6.07) is 9.59. The molecule has 0 atom stereocenters. The molecule has 0 fully saturated rings. The maximum atomic E-state index is 12.5. The van der Waals surface area contributed by atoms with E-state index in [4.69, 9.17) is 11.6 Å². The molecule has 0 radical (unpaired) electrons. The maximum absolute atomic E-state index is 12.5. The van der Waals surface area contributed by atoms with E-state index in [1.54, 1.807) is 0 Å². The molecule has 8 heteroatoms. The van der Waals surface area contributed by atoms with Gasteiger partial charge in [-0.25, -0.2) is 4.79 Å². The van der Waals surface area contributed by atoms with Gasteiger partial charge < -0.3 is 10.6 Å². The number of rotatable bonds is 4. The number of alkyl halides is 3. The first-order valence-corrected chi connectivity index (χ1v) is 7.01. The fourth-order valence-electron chi connectivity index (χ4n) is 1.76. The number of pyridine rings is 1. The Labute approximate surface area is 135 Å². The molecule has 122 valence electrons. The summed E-state index contributed by atoms with van der Waals surface area (Å²) in [4.78, 5) is 15.3. The van der Waals surface area contributed by atoms with Crippen LogP contribution in [-0.4, -0.2) is 11.0 Å². The Hall–Kier alpha value is -2.28. The molecule has 0 bridgehead atoms. The Morgan fingerprint density at radius 2 is 1.78 bits per heavy atom. The molecule has 0 aliphatic rings. The molecule has 1 aromatic heterocycles. The van der Waals surface area contributed by atoms with Crippen LogP contribution in [0.4, 0.5) is 18.0 Å². The Bertz CT molecular complexity index is 677. The van der Waals surface area contributed by atoms with Gasteiger partial charge in [0.05, 0.1) is 22.8 Å². The number of halogens is 4. The number of carbonyl (C=O) groups excluding carboxylic acids is 1. The highest BCUT2D eigenvalue weighted by Crippen LogP contribution is 2.30. The summed E-state index contributed by atoms with van der Waals surface area (Å²) >= 11 is 5.76. The number of urea groups is 1. The van der Waals surface area contributed by atoms with Crippen molar-refractivity contribution in [2.45, 2.75) is 19.3 Å². The zero-order valence-corrected chi connectivity index (χ0v) is 12.6. The van der Waals surface area contributed by atoms with Gasteiger partial charge in [0.15, 0.2) is 0 Å². The van der Waals surface area contributed by atoms with Gasteiger partial charge in [-0.15, -0.1) is 0 Å². The second kappa shape index (κ2) is 7.32. The maximum Gasteiger partial charge on any atom is 0.417 e. The molecule has 4 nitrogen and oxygen atoms in total. The minimum atomic E-state index is -4.50. The molecule has 23 heavy (non-hydrogen) atoms. The third kappa shape index (κ3) is 5.14. The van der Waals surface area contributed by atoms with Crippen LogP contribution in [0.3, 0.4) is 0 Å². The average molecular weight is 344 g/mol. The summed E-state index contributed by atoms with van der Waals surface area (Å²) in [5.41, 5.74) is 0.155. The van der Waals surface area contributed by atoms with Gasteiger partial charge in [-0.3, -0.25) is 4.98 Å². The highest BCUT2D eigenvalue weighted by atomic mass is 35.5. The molecule has 0 aliphatic carbocycles. The minimum absolute atomic E-state index is 0.0718. The van der Waals surface area contributed by atoms with Crippen molar-refractivity contribution >= 4 is 17.6 Å². The van der Waals surface area contributed by atoms with Crippen LogP contribution in [0.25, 0.3) is 0 Å². The van der Waals surface area contributed by atoms with Gasteiger partial charge >= 0.3 is 12.2 Å². The molecule has 2 aromatic rings. The average Bonchev–Trinajstić information content (AvgIpc) is 2.51. The van der Waals surface area contributed by atoms with Gasteiger partial charge in [0.2, 0.25) is 0 Å². The summed E-state index contributed by atoms with van der Waals surface area (Å²) in [6.07, 6.45) is -3.82. The van der Waals surface area contributed by atoms with E-state index in [-0.39, 0.29) is 17.3 Å². The molecule has 0 spiro atoms. The summed E-state index contributed by atoms with van der Waals surface area (Å²) < 4.78 is 37.5. The monoisotopic (exact) mass is 343 g/mol. The Morgan fingerprint density at radius 1 is 1.13 bits per heavy atom. The highest BCUT2D eigenvalue weighted by molar-refractivity contribution is 6.31. The van der Waals surface area contributed by atoms with Gasteiger partial charge in [-0.1, -0.05) is 41.9 Å². The summed E-state index contributed by atoms with van der Waals surface area (Å²) in [7, 11) is 0. The molecule has 2 amide bonds. The standard InChI is InChI=1S/C15H13ClF3N3O/c16-12-6-11(15(17,18)19)8-20-13(12)9-22-14(23)21-7-10-4-2-1-3-5-10/h1-6,8H,7,9H2,(H2,21,22,23). The lowest BCUT2D eigenvalue weighted by Gasteiger charge is -2.10. The van der Waals surface area contributed by atoms with Gasteiger partial charge in [-0.05, 0) is 11.6 Å². The van der Waals surface area contributed by atoms with Crippen LogP contribution in [0.5, 0.6) is 0 Å². The van der Waals surface area contributed by atoms with Crippen LogP contribution in [0, 0.1) is 0 Å². The van der Waals surface area contributed by atoms with E-state index in [9.17, 15) is 18.0 Å². The fraction of sp³-hybridized carbons (Fsp3) is 0.200. The molecule has 1 heterocycles. The molecular weight excluding hydrogens is 331 g/mol. The zero-order chi connectivity index (χ0) is 16.9. The predicted molar refractivity (Wildman–Crippen MR) is 79.8 cm³/mol. The number of aromatic nitrogens is 1. The summed E-state index contributed by atoms with van der Waals surface area (Å²) in [5, 5.41) is 4.96. The Morgan fingerprint density at radius 3 is 2.39 bits per heavy atom. The Balaban J connectivity index is 1.87. The second-order valence-electron chi connectivity index (χ2n) is 4.67. The predicted octanol–water partition coefficient (Wildman–Crippen LogP) is 3.75. The van der Waals surface area contributed by atoms with Gasteiger partial charge in [-0.2, -0.15) is 13.2 Å². The topological polar surface area (TPSA) is 54.0 Å². The molecule has 1 aromatic carbocycles. The molecule has 0 saturated heterocycles. The number of carbonyl (C=O) groups is 1. The third-order valence-corrected chi connectivity index (χ3v) is 3.28. The lowest BCUT2D eigenvalue weighted by atomic mass is 10.2. The van der Waals surface area contributed by atoms with Gasteiger partial charge in [0.1, 0.15) is 0 Å². The first-order valence-electron chi connectivity index (χ1n) is 6.63. The van der Waals surface area contributed by atoms with E-state index >= 15 is 0 Å². The van der Waals surface area contributed by atoms with E-state index in [0.29, 0.717) is 12.7 Å². The van der Waals surface area contributed by atoms with E-state index in [2.05, 4.69) is 15.6 Å². The molecular formula is C15H13ClF3N3O. The van der Waals surface area contributed by atoms with E-state index in [0.717, 1.165) is 11.6 Å². The largest absolute Gasteiger partial charge is 0.417 e. The number of amides is 2. The first kappa shape index (κ1) is 17.1. The quantitative estimate of drug-likeness (QED) is 0.888. The van der Waals surface area contributed by atoms with E-state index < -0.39 is 17.8 Å². The second-order valence-corrected chi connectivity index (χ2v) is 5.08. The lowest BCUT2D eigenvalue weighted by molar-refractivity contribution is -0.137. The molecule has 2 rings (SSSR count). The molecule has 0 unspecified atom stereocenters. The lowest BCUT2D eigenvalue weighted by Crippen LogP contribution is -2.34. The van der Waals surface area contributed by atoms with Crippen LogP contribution in [0.1, 0.15) is 16.8 Å². The number of hydrogen-bond donors (Lipinski definition) is 2. The normalized spacial score (nSPS) is 11.1. The first-order chi connectivity index (χ1) is 10.9. The van der Waals surface area contributed by atoms with Gasteiger partial charge in [0.25, 0.3) is 0 Å². The van der Waals surface area contributed by atoms with E-state index in [1.807, 2.05) is 30.3 Å². The minimum Gasteiger partial charge on any atom is -0.334 e. The summed E-state index contributed by atoms with van der Waals surface area (Å²) in [6.45, 7) is 0.262. The van der Waals surface area contributed by atoms with Crippen LogP contribution in [0.15, 0.2) is 42.6 Å². The van der Waals surface area contributed by atoms with Crippen molar-refractivity contribution in [2.24, 2.45) is 0 Å². The van der Waals surface area contributed by atoms with Crippen molar-refractivity contribution in [1.29, 1.82) is 0 Å². The zero-order valence-electron chi connectivity index (χ0n) is 11.8. The molecule has 0 aliphatic heterocycles. The van der Waals surface area contributed by atoms with Crippen LogP contribution < -0.4 is 10.6 Å². The summed E-state index contributed by atoms with van der Waals surface area (Å²) in [5.74, 6) is 0. The number of nitrogens with one attached hydrogen (secondary N) is 2. The van der Waals surface area contributed by atoms with Crippen molar-refractivity contribution < 1.29 is 18.0 Å². The van der Waals surface area contributed by atoms with Gasteiger partial charge in [0, 0.05) is 12.7 Å². The smallest absolute Gasteiger partial charge is 0.334 e. The van der Waals surface area contributed by atoms with Crippen molar-refractivity contribution in [3.05, 3.63) is 64.4 Å². The SMILES string of the molecule is O=C(NCc1ccccc1)NCc1ncc(C(F)(F)F)cc1Cl. The van der Waals surface area contributed by atoms with Crippen LogP contribution in [0.2, 0.25) is 5.02 Å². The van der Waals surface area contributed by atoms with Crippen molar-refractivity contribution in [3.63, 3.8) is 0 Å². The molecule has 0 saturated carbocycles. The number of hydrogen-bond acceptors (Lipinski definition) is 2. The van der Waals surface area contributed by atoms with Crippen molar-refractivity contribution in [3.8, 4) is 0 Å². The number of benzene rings is 1. The number of nitrogens with zero attached hydrogens (tertiary/aromatic N) is 1. The fourth-order valence-corrected chi connectivity index (χ4v) is 1.99. The molecule has 2 N–H and O–H groups in total. The van der Waals surface area contributed by atoms with Crippen molar-refractivity contribution in [2.75, 3.05) is 0 Å².